The molecule has 2 atom stereocenters. The molecule has 0 aromatic heterocycles. The van der Waals surface area contributed by atoms with Gasteiger partial charge in [0.2, 0.25) is 5.91 Å². The molecule has 134 valence electrons. The summed E-state index contributed by atoms with van der Waals surface area (Å²) in [6.45, 7) is 3.19. The monoisotopic (exact) mass is 399 g/mol. The molecule has 0 saturated carbocycles. The number of hydrogen-bond acceptors (Lipinski definition) is 3. The van der Waals surface area contributed by atoms with Crippen molar-refractivity contribution in [2.45, 2.75) is 30.9 Å². The van der Waals surface area contributed by atoms with Gasteiger partial charge in [-0.3, -0.25) is 4.79 Å². The number of halogens is 2. The average molecular weight is 400 g/mol. The first-order valence-corrected chi connectivity index (χ1v) is 10.2. The fourth-order valence-electron chi connectivity index (χ4n) is 2.30. The molecule has 1 amide bonds. The number of carbonyl (C=O) groups is 1. The molecule has 0 aliphatic carbocycles. The topological polar surface area (TPSA) is 63.2 Å². The maximum atomic E-state index is 12.5. The molecule has 0 spiro atoms. The summed E-state index contributed by atoms with van der Waals surface area (Å²) in [6.07, 6.45) is 0. The van der Waals surface area contributed by atoms with Crippen LogP contribution >= 0.6 is 23.2 Å². The van der Waals surface area contributed by atoms with Crippen LogP contribution in [0.25, 0.3) is 0 Å². The average Bonchev–Trinajstić information content (AvgIpc) is 2.57. The summed E-state index contributed by atoms with van der Waals surface area (Å²) < 4.78 is 25.1. The smallest absolute Gasteiger partial charge is 0.238 e. The SMILES string of the molecule is C[C@H](NC(=O)[C@@H](C)S(=O)(=O)Cc1ccc(Cl)cc1Cl)c1ccccc1. The number of sulfone groups is 1. The Labute approximate surface area is 158 Å². The van der Waals surface area contributed by atoms with Crippen molar-refractivity contribution in [3.63, 3.8) is 0 Å². The van der Waals surface area contributed by atoms with Gasteiger partial charge >= 0.3 is 0 Å². The first kappa shape index (κ1) is 19.8. The molecule has 4 nitrogen and oxygen atoms in total. The third-order valence-electron chi connectivity index (χ3n) is 3.94. The van der Waals surface area contributed by atoms with Gasteiger partial charge in [0.25, 0.3) is 0 Å². The fourth-order valence-corrected chi connectivity index (χ4v) is 4.18. The minimum Gasteiger partial charge on any atom is -0.348 e. The van der Waals surface area contributed by atoms with Crippen molar-refractivity contribution in [1.82, 2.24) is 5.32 Å². The van der Waals surface area contributed by atoms with Gasteiger partial charge in [-0.05, 0) is 37.1 Å². The second-order valence-electron chi connectivity index (χ2n) is 5.83. The number of amides is 1. The lowest BCUT2D eigenvalue weighted by Crippen LogP contribution is -2.39. The van der Waals surface area contributed by atoms with E-state index in [1.165, 1.54) is 13.0 Å². The van der Waals surface area contributed by atoms with E-state index in [2.05, 4.69) is 5.32 Å². The highest BCUT2D eigenvalue weighted by Crippen LogP contribution is 2.24. The Morgan fingerprint density at radius 3 is 2.32 bits per heavy atom. The molecule has 0 aliphatic rings. The molecule has 1 N–H and O–H groups in total. The summed E-state index contributed by atoms with van der Waals surface area (Å²) in [5, 5.41) is 2.24. The highest BCUT2D eigenvalue weighted by Gasteiger charge is 2.29. The van der Waals surface area contributed by atoms with E-state index in [1.54, 1.807) is 12.1 Å². The number of benzene rings is 2. The van der Waals surface area contributed by atoms with E-state index in [1.807, 2.05) is 37.3 Å². The summed E-state index contributed by atoms with van der Waals surface area (Å²) in [5.74, 6) is -0.862. The molecule has 2 aromatic rings. The van der Waals surface area contributed by atoms with Crippen LogP contribution in [0.3, 0.4) is 0 Å². The zero-order chi connectivity index (χ0) is 18.6. The third-order valence-corrected chi connectivity index (χ3v) is 6.53. The number of nitrogens with one attached hydrogen (secondary N) is 1. The Kier molecular flexibility index (Phi) is 6.49. The van der Waals surface area contributed by atoms with Gasteiger partial charge in [-0.15, -0.1) is 0 Å². The van der Waals surface area contributed by atoms with E-state index in [0.717, 1.165) is 5.56 Å². The zero-order valence-electron chi connectivity index (χ0n) is 13.9. The van der Waals surface area contributed by atoms with Crippen LogP contribution < -0.4 is 5.32 Å². The van der Waals surface area contributed by atoms with Crippen molar-refractivity contribution in [2.75, 3.05) is 0 Å². The van der Waals surface area contributed by atoms with Gasteiger partial charge in [0, 0.05) is 10.0 Å². The highest BCUT2D eigenvalue weighted by molar-refractivity contribution is 7.92. The minimum absolute atomic E-state index is 0.265. The third kappa shape index (κ3) is 5.21. The molecule has 0 unspecified atom stereocenters. The Bertz CT molecular complexity index is 854. The lowest BCUT2D eigenvalue weighted by molar-refractivity contribution is -0.121. The van der Waals surface area contributed by atoms with Crippen molar-refractivity contribution in [3.05, 3.63) is 69.7 Å². The maximum Gasteiger partial charge on any atom is 0.238 e. The van der Waals surface area contributed by atoms with Gasteiger partial charge < -0.3 is 5.32 Å². The molecule has 7 heteroatoms. The van der Waals surface area contributed by atoms with E-state index in [0.29, 0.717) is 10.6 Å². The first-order valence-electron chi connectivity index (χ1n) is 7.71. The van der Waals surface area contributed by atoms with Crippen molar-refractivity contribution < 1.29 is 13.2 Å². The molecule has 0 bridgehead atoms. The van der Waals surface area contributed by atoms with Gasteiger partial charge in [0.15, 0.2) is 9.84 Å². The van der Waals surface area contributed by atoms with Crippen LogP contribution in [0.1, 0.15) is 31.0 Å². The van der Waals surface area contributed by atoms with Crippen LogP contribution in [-0.4, -0.2) is 19.6 Å². The maximum absolute atomic E-state index is 12.5. The number of rotatable bonds is 6. The zero-order valence-corrected chi connectivity index (χ0v) is 16.2. The van der Waals surface area contributed by atoms with E-state index in [9.17, 15) is 13.2 Å². The molecule has 25 heavy (non-hydrogen) atoms. The Morgan fingerprint density at radius 1 is 1.08 bits per heavy atom. The second kappa shape index (κ2) is 8.21. The van der Waals surface area contributed by atoms with Gasteiger partial charge in [-0.25, -0.2) is 8.42 Å². The molecular formula is C18H19Cl2NO3S. The summed E-state index contributed by atoms with van der Waals surface area (Å²) in [6, 6.07) is 13.7. The van der Waals surface area contributed by atoms with Crippen LogP contribution in [0.4, 0.5) is 0 Å². The molecule has 2 rings (SSSR count). The van der Waals surface area contributed by atoms with Crippen LogP contribution in [0, 0.1) is 0 Å². The molecule has 0 fully saturated rings. The van der Waals surface area contributed by atoms with Crippen molar-refractivity contribution in [3.8, 4) is 0 Å². The van der Waals surface area contributed by atoms with E-state index >= 15 is 0 Å². The highest BCUT2D eigenvalue weighted by atomic mass is 35.5. The Hall–Kier alpha value is -1.56. The molecule has 0 radical (unpaired) electrons. The standard InChI is InChI=1S/C18H19Cl2NO3S/c1-12(14-6-4-3-5-7-14)21-18(22)13(2)25(23,24)11-15-8-9-16(19)10-17(15)20/h3-10,12-13H,11H2,1-2H3,(H,21,22)/t12-,13+/m0/s1. The minimum atomic E-state index is -3.72. The first-order chi connectivity index (χ1) is 11.7. The summed E-state index contributed by atoms with van der Waals surface area (Å²) >= 11 is 11.9. The quantitative estimate of drug-likeness (QED) is 0.792. The molecular weight excluding hydrogens is 381 g/mol. The van der Waals surface area contributed by atoms with Gasteiger partial charge in [-0.1, -0.05) is 59.6 Å². The molecule has 0 heterocycles. The van der Waals surface area contributed by atoms with Gasteiger partial charge in [-0.2, -0.15) is 0 Å². The Morgan fingerprint density at radius 2 is 1.72 bits per heavy atom. The van der Waals surface area contributed by atoms with Crippen LogP contribution in [0.15, 0.2) is 48.5 Å². The molecule has 2 aromatic carbocycles. The predicted molar refractivity (Wildman–Crippen MR) is 102 cm³/mol. The Balaban J connectivity index is 2.09. The van der Waals surface area contributed by atoms with Crippen molar-refractivity contribution >= 4 is 38.9 Å². The summed E-state index contributed by atoms with van der Waals surface area (Å²) in [4.78, 5) is 12.4. The van der Waals surface area contributed by atoms with Crippen LogP contribution in [0.2, 0.25) is 10.0 Å². The van der Waals surface area contributed by atoms with Crippen LogP contribution in [-0.2, 0) is 20.4 Å². The predicted octanol–water partition coefficient (Wildman–Crippen LogP) is 4.17. The lowest BCUT2D eigenvalue weighted by Gasteiger charge is -2.18. The van der Waals surface area contributed by atoms with E-state index in [4.69, 9.17) is 23.2 Å². The van der Waals surface area contributed by atoms with Gasteiger partial charge in [0.1, 0.15) is 5.25 Å². The number of hydrogen-bond donors (Lipinski definition) is 1. The molecule has 0 aliphatic heterocycles. The molecule has 0 saturated heterocycles. The van der Waals surface area contributed by atoms with Gasteiger partial charge in [0.05, 0.1) is 11.8 Å². The summed E-state index contributed by atoms with van der Waals surface area (Å²) in [7, 11) is -3.72. The van der Waals surface area contributed by atoms with Crippen molar-refractivity contribution in [2.24, 2.45) is 0 Å². The largest absolute Gasteiger partial charge is 0.348 e. The van der Waals surface area contributed by atoms with E-state index in [-0.39, 0.29) is 16.8 Å². The lowest BCUT2D eigenvalue weighted by atomic mass is 10.1. The summed E-state index contributed by atoms with van der Waals surface area (Å²) in [5.41, 5.74) is 1.32. The second-order valence-corrected chi connectivity index (χ2v) is 8.99. The number of carbonyl (C=O) groups excluding carboxylic acids is 1. The van der Waals surface area contributed by atoms with E-state index < -0.39 is 21.0 Å². The fraction of sp³-hybridized carbons (Fsp3) is 0.278. The normalized spacial score (nSPS) is 13.9. The van der Waals surface area contributed by atoms with Crippen LogP contribution in [0.5, 0.6) is 0 Å². The van der Waals surface area contributed by atoms with Crippen molar-refractivity contribution in [1.29, 1.82) is 0 Å².